The van der Waals surface area contributed by atoms with Crippen LogP contribution in [0.2, 0.25) is 5.02 Å². The van der Waals surface area contributed by atoms with Crippen LogP contribution < -0.4 is 15.6 Å². The monoisotopic (exact) mass is 376 g/mol. The molecule has 0 saturated heterocycles. The average molecular weight is 377 g/mol. The molecule has 0 saturated carbocycles. The third-order valence-electron chi connectivity index (χ3n) is 3.27. The van der Waals surface area contributed by atoms with Crippen LogP contribution in [-0.4, -0.2) is 27.8 Å². The van der Waals surface area contributed by atoms with Crippen LogP contribution in [0.25, 0.3) is 11.3 Å². The number of carbonyl (C=O) groups is 1. The van der Waals surface area contributed by atoms with Crippen LogP contribution in [0, 0.1) is 0 Å². The molecule has 0 aliphatic heterocycles. The number of anilines is 1. The number of nitrogens with zero attached hydrogens (tertiary/aromatic N) is 3. The van der Waals surface area contributed by atoms with Gasteiger partial charge in [-0.15, -0.1) is 11.3 Å². The van der Waals surface area contributed by atoms with Crippen molar-refractivity contribution in [2.24, 2.45) is 0 Å². The quantitative estimate of drug-likeness (QED) is 0.739. The van der Waals surface area contributed by atoms with E-state index in [1.165, 1.54) is 24.5 Å². The summed E-state index contributed by atoms with van der Waals surface area (Å²) in [5.74, 6) is -0.0688. The molecule has 2 aromatic heterocycles. The molecule has 1 aromatic carbocycles. The molecule has 1 N–H and O–H groups in total. The molecule has 9 heteroatoms. The van der Waals surface area contributed by atoms with Gasteiger partial charge < -0.3 is 10.1 Å². The van der Waals surface area contributed by atoms with Crippen LogP contribution in [0.3, 0.4) is 0 Å². The molecule has 3 aromatic rings. The third kappa shape index (κ3) is 4.04. The van der Waals surface area contributed by atoms with E-state index >= 15 is 0 Å². The van der Waals surface area contributed by atoms with Gasteiger partial charge in [0.25, 0.3) is 5.56 Å². The van der Waals surface area contributed by atoms with E-state index in [-0.39, 0.29) is 6.54 Å². The Balaban J connectivity index is 1.91. The normalized spacial score (nSPS) is 10.5. The Morgan fingerprint density at radius 2 is 2.12 bits per heavy atom. The summed E-state index contributed by atoms with van der Waals surface area (Å²) in [4.78, 5) is 28.2. The lowest BCUT2D eigenvalue weighted by Crippen LogP contribution is -2.29. The van der Waals surface area contributed by atoms with E-state index in [0.29, 0.717) is 21.6 Å². The Labute approximate surface area is 151 Å². The van der Waals surface area contributed by atoms with E-state index in [1.54, 1.807) is 35.8 Å². The Bertz CT molecular complexity index is 939. The van der Waals surface area contributed by atoms with Crippen molar-refractivity contribution in [1.29, 1.82) is 0 Å². The molecular weight excluding hydrogens is 364 g/mol. The SMILES string of the molecule is COc1cc(=O)n(CC(=O)Nc2nccs2)nc1-c1ccc(Cl)cc1. The molecule has 3 rings (SSSR count). The molecule has 25 heavy (non-hydrogen) atoms. The van der Waals surface area contributed by atoms with Crippen LogP contribution in [0.4, 0.5) is 5.13 Å². The van der Waals surface area contributed by atoms with Crippen LogP contribution in [0.15, 0.2) is 46.7 Å². The van der Waals surface area contributed by atoms with Gasteiger partial charge in [-0.05, 0) is 12.1 Å². The van der Waals surface area contributed by atoms with E-state index in [0.717, 1.165) is 10.2 Å². The van der Waals surface area contributed by atoms with Gasteiger partial charge in [0.1, 0.15) is 12.2 Å². The van der Waals surface area contributed by atoms with Gasteiger partial charge >= 0.3 is 0 Å². The number of aromatic nitrogens is 3. The molecular formula is C16H13ClN4O3S. The van der Waals surface area contributed by atoms with E-state index in [4.69, 9.17) is 16.3 Å². The summed E-state index contributed by atoms with van der Waals surface area (Å²) in [6.45, 7) is -0.233. The maximum Gasteiger partial charge on any atom is 0.270 e. The summed E-state index contributed by atoms with van der Waals surface area (Å²) in [5, 5.41) is 9.67. The zero-order chi connectivity index (χ0) is 17.8. The first kappa shape index (κ1) is 17.1. The number of nitrogens with one attached hydrogen (secondary N) is 1. The number of methoxy groups -OCH3 is 1. The van der Waals surface area contributed by atoms with Crippen molar-refractivity contribution in [2.45, 2.75) is 6.54 Å². The van der Waals surface area contributed by atoms with Crippen molar-refractivity contribution in [2.75, 3.05) is 12.4 Å². The second-order valence-corrected chi connectivity index (χ2v) is 6.28. The summed E-state index contributed by atoms with van der Waals surface area (Å²) in [7, 11) is 1.45. The lowest BCUT2D eigenvalue weighted by molar-refractivity contribution is -0.117. The fourth-order valence-corrected chi connectivity index (χ4v) is 2.80. The predicted octanol–water partition coefficient (Wildman–Crippen LogP) is 2.67. The molecule has 1 amide bonds. The van der Waals surface area contributed by atoms with Crippen molar-refractivity contribution in [3.8, 4) is 17.0 Å². The minimum Gasteiger partial charge on any atom is -0.494 e. The number of thiazole rings is 1. The van der Waals surface area contributed by atoms with Gasteiger partial charge in [-0.3, -0.25) is 9.59 Å². The second kappa shape index (κ2) is 7.45. The minimum atomic E-state index is -0.441. The maximum absolute atomic E-state index is 12.2. The van der Waals surface area contributed by atoms with Crippen LogP contribution in [0.1, 0.15) is 0 Å². The van der Waals surface area contributed by atoms with Gasteiger partial charge in [-0.1, -0.05) is 23.7 Å². The maximum atomic E-state index is 12.2. The Kier molecular flexibility index (Phi) is 5.11. The molecule has 128 valence electrons. The van der Waals surface area contributed by atoms with Crippen molar-refractivity contribution in [3.63, 3.8) is 0 Å². The molecule has 0 spiro atoms. The Morgan fingerprint density at radius 1 is 1.36 bits per heavy atom. The standard InChI is InChI=1S/C16H13ClN4O3S/c1-24-12-8-14(23)21(9-13(22)19-16-18-6-7-25-16)20-15(12)10-2-4-11(17)5-3-10/h2-8H,9H2,1H3,(H,18,19,22). The van der Waals surface area contributed by atoms with Crippen LogP contribution in [0.5, 0.6) is 5.75 Å². The second-order valence-electron chi connectivity index (χ2n) is 4.95. The van der Waals surface area contributed by atoms with E-state index in [1.807, 2.05) is 0 Å². The first-order valence-corrected chi connectivity index (χ1v) is 8.44. The lowest BCUT2D eigenvalue weighted by Gasteiger charge is -2.11. The molecule has 0 aliphatic carbocycles. The van der Waals surface area contributed by atoms with Crippen molar-refractivity contribution in [1.82, 2.24) is 14.8 Å². The van der Waals surface area contributed by atoms with Gasteiger partial charge in [0, 0.05) is 28.2 Å². The molecule has 0 fully saturated rings. The molecule has 0 atom stereocenters. The van der Waals surface area contributed by atoms with Gasteiger partial charge in [0.15, 0.2) is 10.9 Å². The summed E-state index contributed by atoms with van der Waals surface area (Å²) < 4.78 is 6.32. The summed E-state index contributed by atoms with van der Waals surface area (Å²) in [5.41, 5.74) is 0.722. The first-order valence-electron chi connectivity index (χ1n) is 7.18. The highest BCUT2D eigenvalue weighted by molar-refractivity contribution is 7.13. The lowest BCUT2D eigenvalue weighted by atomic mass is 10.1. The average Bonchev–Trinajstić information content (AvgIpc) is 3.10. The topological polar surface area (TPSA) is 86.1 Å². The van der Waals surface area contributed by atoms with Crippen molar-refractivity contribution < 1.29 is 9.53 Å². The largest absolute Gasteiger partial charge is 0.494 e. The molecule has 0 bridgehead atoms. The van der Waals surface area contributed by atoms with Gasteiger partial charge in [-0.2, -0.15) is 5.10 Å². The fraction of sp³-hybridized carbons (Fsp3) is 0.125. The Morgan fingerprint density at radius 3 is 2.76 bits per heavy atom. The number of rotatable bonds is 5. The van der Waals surface area contributed by atoms with Gasteiger partial charge in [0.2, 0.25) is 5.91 Å². The first-order chi connectivity index (χ1) is 12.1. The highest BCUT2D eigenvalue weighted by atomic mass is 35.5. The van der Waals surface area contributed by atoms with E-state index in [2.05, 4.69) is 15.4 Å². The minimum absolute atomic E-state index is 0.233. The molecule has 2 heterocycles. The highest BCUT2D eigenvalue weighted by Gasteiger charge is 2.14. The molecule has 0 aliphatic rings. The number of hydrogen-bond donors (Lipinski definition) is 1. The summed E-state index contributed by atoms with van der Waals surface area (Å²) in [6, 6.07) is 8.24. The molecule has 0 unspecified atom stereocenters. The van der Waals surface area contributed by atoms with E-state index < -0.39 is 11.5 Å². The number of benzene rings is 1. The number of amides is 1. The number of halogens is 1. The zero-order valence-corrected chi connectivity index (χ0v) is 14.7. The van der Waals surface area contributed by atoms with Crippen LogP contribution in [-0.2, 0) is 11.3 Å². The fourth-order valence-electron chi connectivity index (χ4n) is 2.13. The highest BCUT2D eigenvalue weighted by Crippen LogP contribution is 2.27. The van der Waals surface area contributed by atoms with Gasteiger partial charge in [-0.25, -0.2) is 9.67 Å². The summed E-state index contributed by atoms with van der Waals surface area (Å²) in [6.07, 6.45) is 1.58. The summed E-state index contributed by atoms with van der Waals surface area (Å²) >= 11 is 7.19. The predicted molar refractivity (Wildman–Crippen MR) is 96.2 cm³/mol. The number of ether oxygens (including phenoxy) is 1. The van der Waals surface area contributed by atoms with Crippen molar-refractivity contribution in [3.05, 3.63) is 57.3 Å². The number of carbonyl (C=O) groups excluding carboxylic acids is 1. The zero-order valence-electron chi connectivity index (χ0n) is 13.1. The molecule has 7 nitrogen and oxygen atoms in total. The number of hydrogen-bond acceptors (Lipinski definition) is 6. The van der Waals surface area contributed by atoms with Gasteiger partial charge in [0.05, 0.1) is 7.11 Å². The molecule has 0 radical (unpaired) electrons. The Hall–Kier alpha value is -2.71. The third-order valence-corrected chi connectivity index (χ3v) is 4.21. The van der Waals surface area contributed by atoms with E-state index in [9.17, 15) is 9.59 Å². The smallest absolute Gasteiger partial charge is 0.270 e. The van der Waals surface area contributed by atoms with Crippen LogP contribution >= 0.6 is 22.9 Å². The van der Waals surface area contributed by atoms with Crippen molar-refractivity contribution >= 4 is 34.0 Å².